The fourth-order valence-corrected chi connectivity index (χ4v) is 3.34. The van der Waals surface area contributed by atoms with Gasteiger partial charge in [0, 0.05) is 44.0 Å². The summed E-state index contributed by atoms with van der Waals surface area (Å²) < 4.78 is 10.5. The Morgan fingerprint density at radius 1 is 0.964 bits per heavy atom. The van der Waals surface area contributed by atoms with Crippen LogP contribution in [0.2, 0.25) is 0 Å². The summed E-state index contributed by atoms with van der Waals surface area (Å²) in [4.78, 5) is 17.1. The van der Waals surface area contributed by atoms with Gasteiger partial charge in [0.1, 0.15) is 0 Å². The van der Waals surface area contributed by atoms with Crippen LogP contribution >= 0.6 is 0 Å². The molecule has 6 nitrogen and oxygen atoms in total. The number of carbonyl (C=O) groups excluding carboxylic acids is 1. The summed E-state index contributed by atoms with van der Waals surface area (Å²) >= 11 is 0. The van der Waals surface area contributed by atoms with Gasteiger partial charge < -0.3 is 24.6 Å². The number of carbonyl (C=O) groups is 1. The minimum Gasteiger partial charge on any atom is -0.493 e. The van der Waals surface area contributed by atoms with Gasteiger partial charge in [-0.15, -0.1) is 0 Å². The van der Waals surface area contributed by atoms with Crippen molar-refractivity contribution in [1.82, 2.24) is 10.2 Å². The molecule has 0 bridgehead atoms. The van der Waals surface area contributed by atoms with Crippen LogP contribution in [0.25, 0.3) is 0 Å². The van der Waals surface area contributed by atoms with E-state index in [0.717, 1.165) is 32.6 Å². The molecule has 0 atom stereocenters. The summed E-state index contributed by atoms with van der Waals surface area (Å²) in [7, 11) is 5.30. The number of hydrogen-bond acceptors (Lipinski definition) is 5. The molecule has 3 rings (SSSR count). The van der Waals surface area contributed by atoms with Gasteiger partial charge in [-0.3, -0.25) is 4.79 Å². The molecule has 0 spiro atoms. The number of amides is 1. The smallest absolute Gasteiger partial charge is 0.251 e. The van der Waals surface area contributed by atoms with Crippen LogP contribution < -0.4 is 19.7 Å². The largest absolute Gasteiger partial charge is 0.493 e. The van der Waals surface area contributed by atoms with Gasteiger partial charge in [0.2, 0.25) is 0 Å². The van der Waals surface area contributed by atoms with Gasteiger partial charge in [0.25, 0.3) is 5.91 Å². The Balaban J connectivity index is 1.50. The summed E-state index contributed by atoms with van der Waals surface area (Å²) in [6.07, 6.45) is 0.794. The van der Waals surface area contributed by atoms with Crippen LogP contribution in [0, 0.1) is 0 Å². The van der Waals surface area contributed by atoms with Crippen LogP contribution in [0.3, 0.4) is 0 Å². The fraction of sp³-hybridized carbons (Fsp3) is 0.409. The van der Waals surface area contributed by atoms with Crippen molar-refractivity contribution in [3.8, 4) is 11.5 Å². The molecule has 0 saturated carbocycles. The van der Waals surface area contributed by atoms with E-state index in [-0.39, 0.29) is 5.91 Å². The zero-order valence-electron chi connectivity index (χ0n) is 16.9. The molecule has 1 aliphatic rings. The third-order valence-electron chi connectivity index (χ3n) is 5.15. The molecule has 1 N–H and O–H groups in total. The second kappa shape index (κ2) is 9.46. The van der Waals surface area contributed by atoms with Crippen LogP contribution in [0.1, 0.15) is 15.9 Å². The Bertz CT molecular complexity index is 784. The molecule has 0 aliphatic carbocycles. The molecule has 1 amide bonds. The number of methoxy groups -OCH3 is 2. The van der Waals surface area contributed by atoms with E-state index in [1.807, 2.05) is 0 Å². The first-order chi connectivity index (χ1) is 13.6. The SMILES string of the molecule is COc1ccc(C(=O)NCCc2ccc(N3CCN(C)CC3)cc2)cc1OC. The van der Waals surface area contributed by atoms with Gasteiger partial charge in [-0.05, 0) is 49.4 Å². The van der Waals surface area contributed by atoms with Crippen molar-refractivity contribution < 1.29 is 14.3 Å². The van der Waals surface area contributed by atoms with Crippen LogP contribution in [0.15, 0.2) is 42.5 Å². The van der Waals surface area contributed by atoms with Crippen molar-refractivity contribution in [2.45, 2.75) is 6.42 Å². The van der Waals surface area contributed by atoms with Crippen LogP contribution in [-0.2, 0) is 6.42 Å². The Labute approximate surface area is 167 Å². The lowest BCUT2D eigenvalue weighted by Gasteiger charge is -2.34. The number of nitrogens with zero attached hydrogens (tertiary/aromatic N) is 2. The Morgan fingerprint density at radius 3 is 2.29 bits per heavy atom. The van der Waals surface area contributed by atoms with E-state index in [4.69, 9.17) is 9.47 Å². The first kappa shape index (κ1) is 20.0. The molecule has 1 saturated heterocycles. The lowest BCUT2D eigenvalue weighted by atomic mass is 10.1. The van der Waals surface area contributed by atoms with E-state index in [0.29, 0.717) is 23.6 Å². The predicted molar refractivity (Wildman–Crippen MR) is 112 cm³/mol. The molecule has 0 unspecified atom stereocenters. The number of anilines is 1. The Morgan fingerprint density at radius 2 is 1.64 bits per heavy atom. The van der Waals surface area contributed by atoms with Gasteiger partial charge in [-0.1, -0.05) is 12.1 Å². The third kappa shape index (κ3) is 4.95. The molecule has 0 radical (unpaired) electrons. The van der Waals surface area contributed by atoms with E-state index >= 15 is 0 Å². The quantitative estimate of drug-likeness (QED) is 0.796. The van der Waals surface area contributed by atoms with E-state index in [1.165, 1.54) is 11.3 Å². The molecular weight excluding hydrogens is 354 g/mol. The number of rotatable bonds is 7. The average Bonchev–Trinajstić information content (AvgIpc) is 2.74. The first-order valence-electron chi connectivity index (χ1n) is 9.63. The molecule has 1 aliphatic heterocycles. The highest BCUT2D eigenvalue weighted by atomic mass is 16.5. The Kier molecular flexibility index (Phi) is 6.76. The van der Waals surface area contributed by atoms with E-state index in [1.54, 1.807) is 32.4 Å². The molecule has 1 fully saturated rings. The molecule has 1 heterocycles. The molecular formula is C22H29N3O3. The van der Waals surface area contributed by atoms with Crippen molar-refractivity contribution >= 4 is 11.6 Å². The van der Waals surface area contributed by atoms with Gasteiger partial charge >= 0.3 is 0 Å². The molecule has 6 heteroatoms. The van der Waals surface area contributed by atoms with Crippen LogP contribution in [-0.4, -0.2) is 64.8 Å². The standard InChI is InChI=1S/C22H29N3O3/c1-24-12-14-25(15-13-24)19-7-4-17(5-8-19)10-11-23-22(26)18-6-9-20(27-2)21(16-18)28-3/h4-9,16H,10-15H2,1-3H3,(H,23,26). The topological polar surface area (TPSA) is 54.0 Å². The zero-order valence-corrected chi connectivity index (χ0v) is 16.9. The maximum Gasteiger partial charge on any atom is 0.251 e. The number of benzene rings is 2. The van der Waals surface area contributed by atoms with Crippen molar-refractivity contribution in [3.63, 3.8) is 0 Å². The minimum absolute atomic E-state index is 0.116. The number of hydrogen-bond donors (Lipinski definition) is 1. The van der Waals surface area contributed by atoms with Gasteiger partial charge in [0.05, 0.1) is 14.2 Å². The molecule has 2 aromatic rings. The van der Waals surface area contributed by atoms with Crippen molar-refractivity contribution in [2.75, 3.05) is 58.9 Å². The lowest BCUT2D eigenvalue weighted by Crippen LogP contribution is -2.44. The van der Waals surface area contributed by atoms with E-state index in [2.05, 4.69) is 46.4 Å². The third-order valence-corrected chi connectivity index (χ3v) is 5.15. The monoisotopic (exact) mass is 383 g/mol. The second-order valence-electron chi connectivity index (χ2n) is 7.03. The zero-order chi connectivity index (χ0) is 19.9. The average molecular weight is 383 g/mol. The summed E-state index contributed by atoms with van der Waals surface area (Å²) in [6.45, 7) is 4.92. The normalized spacial score (nSPS) is 14.6. The lowest BCUT2D eigenvalue weighted by molar-refractivity contribution is 0.0953. The molecule has 0 aromatic heterocycles. The number of ether oxygens (including phenoxy) is 2. The second-order valence-corrected chi connectivity index (χ2v) is 7.03. The van der Waals surface area contributed by atoms with Gasteiger partial charge in [0.15, 0.2) is 11.5 Å². The maximum absolute atomic E-state index is 12.4. The van der Waals surface area contributed by atoms with Crippen LogP contribution in [0.5, 0.6) is 11.5 Å². The molecule has 28 heavy (non-hydrogen) atoms. The van der Waals surface area contributed by atoms with E-state index < -0.39 is 0 Å². The van der Waals surface area contributed by atoms with Gasteiger partial charge in [-0.25, -0.2) is 0 Å². The van der Waals surface area contributed by atoms with Gasteiger partial charge in [-0.2, -0.15) is 0 Å². The van der Waals surface area contributed by atoms with Crippen molar-refractivity contribution in [2.24, 2.45) is 0 Å². The maximum atomic E-state index is 12.4. The minimum atomic E-state index is -0.116. The number of likely N-dealkylation sites (N-methyl/N-ethyl adjacent to an activating group) is 1. The van der Waals surface area contributed by atoms with Crippen molar-refractivity contribution in [1.29, 1.82) is 0 Å². The number of nitrogens with one attached hydrogen (secondary N) is 1. The van der Waals surface area contributed by atoms with E-state index in [9.17, 15) is 4.79 Å². The fourth-order valence-electron chi connectivity index (χ4n) is 3.34. The summed E-state index contributed by atoms with van der Waals surface area (Å²) in [5.74, 6) is 1.05. The number of piperazine rings is 1. The highest BCUT2D eigenvalue weighted by molar-refractivity contribution is 5.94. The highest BCUT2D eigenvalue weighted by Crippen LogP contribution is 2.27. The Hall–Kier alpha value is -2.73. The molecule has 2 aromatic carbocycles. The predicted octanol–water partition coefficient (Wildman–Crippen LogP) is 2.43. The first-order valence-corrected chi connectivity index (χ1v) is 9.63. The molecule has 150 valence electrons. The highest BCUT2D eigenvalue weighted by Gasteiger charge is 2.14. The van der Waals surface area contributed by atoms with Crippen LogP contribution in [0.4, 0.5) is 5.69 Å². The van der Waals surface area contributed by atoms with Crippen molar-refractivity contribution in [3.05, 3.63) is 53.6 Å². The summed E-state index contributed by atoms with van der Waals surface area (Å²) in [5, 5.41) is 2.97. The summed E-state index contributed by atoms with van der Waals surface area (Å²) in [5.41, 5.74) is 3.04. The summed E-state index contributed by atoms with van der Waals surface area (Å²) in [6, 6.07) is 13.8.